The SMILES string of the molecule is C#CC1(O)CC[C@@H]2[C@H]3[C@@H](CC[C@@]21C)[C@H]1CCC(=O)C=C1C[C@@H]3C. The third-order valence-corrected chi connectivity index (χ3v) is 8.03. The summed E-state index contributed by atoms with van der Waals surface area (Å²) in [5, 5.41) is 11.0. The minimum Gasteiger partial charge on any atom is -0.377 e. The van der Waals surface area contributed by atoms with Crippen LogP contribution in [0.15, 0.2) is 11.6 Å². The van der Waals surface area contributed by atoms with Gasteiger partial charge in [-0.1, -0.05) is 25.3 Å². The highest BCUT2D eigenvalue weighted by atomic mass is 16.3. The molecule has 0 bridgehead atoms. The second-order valence-corrected chi connectivity index (χ2v) is 8.86. The zero-order chi connectivity index (χ0) is 16.4. The predicted octanol–water partition coefficient (Wildman–Crippen LogP) is 3.74. The maximum atomic E-state index is 11.8. The average molecular weight is 312 g/mol. The van der Waals surface area contributed by atoms with Crippen LogP contribution in [0.2, 0.25) is 0 Å². The molecule has 0 radical (unpaired) electrons. The van der Waals surface area contributed by atoms with Crippen LogP contribution in [0.4, 0.5) is 0 Å². The molecule has 0 spiro atoms. The largest absolute Gasteiger partial charge is 0.377 e. The second kappa shape index (κ2) is 4.96. The fourth-order valence-electron chi connectivity index (χ4n) is 6.84. The Morgan fingerprint density at radius 1 is 1.30 bits per heavy atom. The molecule has 0 saturated heterocycles. The molecule has 0 aromatic carbocycles. The van der Waals surface area contributed by atoms with E-state index < -0.39 is 5.60 Å². The van der Waals surface area contributed by atoms with Crippen LogP contribution >= 0.6 is 0 Å². The van der Waals surface area contributed by atoms with E-state index in [1.54, 1.807) is 0 Å². The molecule has 7 atom stereocenters. The Bertz CT molecular complexity index is 612. The summed E-state index contributed by atoms with van der Waals surface area (Å²) in [6.45, 7) is 4.59. The van der Waals surface area contributed by atoms with Crippen LogP contribution < -0.4 is 0 Å². The van der Waals surface area contributed by atoms with Crippen LogP contribution in [0.5, 0.6) is 0 Å². The van der Waals surface area contributed by atoms with E-state index in [1.807, 2.05) is 6.08 Å². The van der Waals surface area contributed by atoms with Gasteiger partial charge in [-0.3, -0.25) is 4.79 Å². The Kier molecular flexibility index (Phi) is 3.34. The normalized spacial score (nSPS) is 52.0. The van der Waals surface area contributed by atoms with E-state index in [4.69, 9.17) is 6.42 Å². The molecule has 3 saturated carbocycles. The van der Waals surface area contributed by atoms with Crippen molar-refractivity contribution in [1.29, 1.82) is 0 Å². The highest BCUT2D eigenvalue weighted by molar-refractivity contribution is 5.91. The summed E-state index contributed by atoms with van der Waals surface area (Å²) in [5.74, 6) is 6.17. The molecule has 0 heterocycles. The van der Waals surface area contributed by atoms with Gasteiger partial charge in [-0.15, -0.1) is 6.42 Å². The monoisotopic (exact) mass is 312 g/mol. The lowest BCUT2D eigenvalue weighted by Crippen LogP contribution is -2.53. The van der Waals surface area contributed by atoms with E-state index in [2.05, 4.69) is 19.8 Å². The van der Waals surface area contributed by atoms with Gasteiger partial charge >= 0.3 is 0 Å². The smallest absolute Gasteiger partial charge is 0.155 e. The Morgan fingerprint density at radius 2 is 2.09 bits per heavy atom. The maximum Gasteiger partial charge on any atom is 0.155 e. The molecule has 4 rings (SSSR count). The van der Waals surface area contributed by atoms with Crippen molar-refractivity contribution in [3.8, 4) is 12.3 Å². The standard InChI is InChI=1S/C21H28O2/c1-4-21(23)10-8-18-19-13(2)11-14-12-15(22)5-6-16(14)17(19)7-9-20(18,21)3/h1,12-13,16-19,23H,5-11H2,2-3H3/t13-,16-,17-,18+,19+,20-,21?/m0/s1. The van der Waals surface area contributed by atoms with Crippen molar-refractivity contribution in [3.63, 3.8) is 0 Å². The van der Waals surface area contributed by atoms with Gasteiger partial charge in [-0.05, 0) is 74.2 Å². The third kappa shape index (κ3) is 1.96. The number of rotatable bonds is 0. The number of allylic oxidation sites excluding steroid dienone is 1. The van der Waals surface area contributed by atoms with E-state index in [1.165, 1.54) is 5.57 Å². The number of hydrogen-bond donors (Lipinski definition) is 1. The van der Waals surface area contributed by atoms with Crippen LogP contribution in [0.1, 0.15) is 58.8 Å². The molecule has 1 N–H and O–H groups in total. The fourth-order valence-corrected chi connectivity index (χ4v) is 6.84. The number of ketones is 1. The van der Waals surface area contributed by atoms with Gasteiger partial charge in [0.15, 0.2) is 5.78 Å². The van der Waals surface area contributed by atoms with Crippen molar-refractivity contribution in [3.05, 3.63) is 11.6 Å². The molecule has 0 aromatic rings. The molecule has 2 nitrogen and oxygen atoms in total. The van der Waals surface area contributed by atoms with Gasteiger partial charge in [-0.2, -0.15) is 0 Å². The van der Waals surface area contributed by atoms with Gasteiger partial charge in [0.05, 0.1) is 0 Å². The summed E-state index contributed by atoms with van der Waals surface area (Å²) in [4.78, 5) is 11.8. The average Bonchev–Trinajstić information content (AvgIpc) is 2.79. The Balaban J connectivity index is 1.70. The van der Waals surface area contributed by atoms with Gasteiger partial charge in [0, 0.05) is 11.8 Å². The molecule has 4 aliphatic rings. The molecule has 23 heavy (non-hydrogen) atoms. The van der Waals surface area contributed by atoms with Gasteiger partial charge in [0.25, 0.3) is 0 Å². The van der Waals surface area contributed by atoms with Gasteiger partial charge in [0.2, 0.25) is 0 Å². The summed E-state index contributed by atoms with van der Waals surface area (Å²) < 4.78 is 0. The minimum atomic E-state index is -0.916. The molecule has 4 aliphatic carbocycles. The van der Waals surface area contributed by atoms with Gasteiger partial charge in [0.1, 0.15) is 5.60 Å². The number of hydrogen-bond acceptors (Lipinski definition) is 2. The summed E-state index contributed by atoms with van der Waals surface area (Å²) >= 11 is 0. The molecule has 1 unspecified atom stereocenters. The number of carbonyl (C=O) groups is 1. The molecule has 3 fully saturated rings. The molecule has 2 heteroatoms. The first-order chi connectivity index (χ1) is 10.9. The number of terminal acetylenes is 1. The van der Waals surface area contributed by atoms with E-state index >= 15 is 0 Å². The van der Waals surface area contributed by atoms with Crippen molar-refractivity contribution in [2.24, 2.45) is 35.0 Å². The first kappa shape index (κ1) is 15.5. The Hall–Kier alpha value is -1.07. The molecule has 0 aliphatic heterocycles. The van der Waals surface area contributed by atoms with Crippen LogP contribution in [-0.4, -0.2) is 16.5 Å². The van der Waals surface area contributed by atoms with E-state index in [0.717, 1.165) is 44.9 Å². The fraction of sp³-hybridized carbons (Fsp3) is 0.762. The second-order valence-electron chi connectivity index (χ2n) is 8.86. The van der Waals surface area contributed by atoms with Crippen LogP contribution in [-0.2, 0) is 4.79 Å². The highest BCUT2D eigenvalue weighted by Gasteiger charge is 2.62. The molecular formula is C21H28O2. The zero-order valence-electron chi connectivity index (χ0n) is 14.3. The van der Waals surface area contributed by atoms with E-state index in [0.29, 0.717) is 35.4 Å². The first-order valence-electron chi connectivity index (χ1n) is 9.33. The summed E-state index contributed by atoms with van der Waals surface area (Å²) in [7, 11) is 0. The number of carbonyl (C=O) groups excluding carboxylic acids is 1. The Morgan fingerprint density at radius 3 is 2.83 bits per heavy atom. The molecule has 124 valence electrons. The predicted molar refractivity (Wildman–Crippen MR) is 90.4 cm³/mol. The van der Waals surface area contributed by atoms with Crippen molar-refractivity contribution in [2.45, 2.75) is 64.4 Å². The molecule has 0 aromatic heterocycles. The first-order valence-corrected chi connectivity index (χ1v) is 9.33. The summed E-state index contributed by atoms with van der Waals surface area (Å²) in [5.41, 5.74) is 0.382. The van der Waals surface area contributed by atoms with E-state index in [-0.39, 0.29) is 5.41 Å². The molecular weight excluding hydrogens is 284 g/mol. The lowest BCUT2D eigenvalue weighted by atomic mass is 9.48. The minimum absolute atomic E-state index is 0.122. The van der Waals surface area contributed by atoms with Crippen molar-refractivity contribution >= 4 is 5.78 Å². The zero-order valence-corrected chi connectivity index (χ0v) is 14.3. The maximum absolute atomic E-state index is 11.8. The van der Waals surface area contributed by atoms with Crippen LogP contribution in [0.25, 0.3) is 0 Å². The quantitative estimate of drug-likeness (QED) is 0.692. The van der Waals surface area contributed by atoms with Crippen LogP contribution in [0.3, 0.4) is 0 Å². The molecule has 0 amide bonds. The highest BCUT2D eigenvalue weighted by Crippen LogP contribution is 2.65. The van der Waals surface area contributed by atoms with Gasteiger partial charge < -0.3 is 5.11 Å². The lowest BCUT2D eigenvalue weighted by Gasteiger charge is -2.56. The third-order valence-electron chi connectivity index (χ3n) is 8.03. The van der Waals surface area contributed by atoms with E-state index in [9.17, 15) is 9.90 Å². The van der Waals surface area contributed by atoms with Crippen molar-refractivity contribution in [2.75, 3.05) is 0 Å². The number of aliphatic hydroxyl groups is 1. The van der Waals surface area contributed by atoms with Crippen LogP contribution in [0, 0.1) is 47.3 Å². The summed E-state index contributed by atoms with van der Waals surface area (Å²) in [6.07, 6.45) is 14.5. The topological polar surface area (TPSA) is 37.3 Å². The van der Waals surface area contributed by atoms with Crippen molar-refractivity contribution in [1.82, 2.24) is 0 Å². The van der Waals surface area contributed by atoms with Crippen molar-refractivity contribution < 1.29 is 9.90 Å². The lowest BCUT2D eigenvalue weighted by molar-refractivity contribution is -0.117. The van der Waals surface area contributed by atoms with Gasteiger partial charge in [-0.25, -0.2) is 0 Å². The summed E-state index contributed by atoms with van der Waals surface area (Å²) in [6, 6.07) is 0. The Labute approximate surface area is 139 Å². The number of fused-ring (bicyclic) bond motifs is 5.